The van der Waals surface area contributed by atoms with Crippen LogP contribution in [0.4, 0.5) is 5.82 Å². The first-order valence-corrected chi connectivity index (χ1v) is 9.50. The smallest absolute Gasteiger partial charge is 0.147 e. The maximum atomic E-state index is 11.0. The molecule has 4 nitrogen and oxygen atoms in total. The van der Waals surface area contributed by atoms with Gasteiger partial charge in [0.25, 0.3) is 0 Å². The maximum Gasteiger partial charge on any atom is 0.147 e. The van der Waals surface area contributed by atoms with Gasteiger partial charge in [-0.1, -0.05) is 53.5 Å². The summed E-state index contributed by atoms with van der Waals surface area (Å²) in [6.07, 6.45) is 3.39. The maximum absolute atomic E-state index is 11.0. The van der Waals surface area contributed by atoms with Gasteiger partial charge in [0.15, 0.2) is 0 Å². The average Bonchev–Trinajstić information content (AvgIpc) is 2.69. The number of pyridine rings is 2. The lowest BCUT2D eigenvalue weighted by molar-refractivity contribution is 0.471. The summed E-state index contributed by atoms with van der Waals surface area (Å²) in [5.41, 5.74) is 2.97. The summed E-state index contributed by atoms with van der Waals surface area (Å²) in [7, 11) is 0. The summed E-state index contributed by atoms with van der Waals surface area (Å²) in [6.45, 7) is 1.99. The fourth-order valence-electron chi connectivity index (χ4n) is 3.21. The Morgan fingerprint density at radius 3 is 2.61 bits per heavy atom. The molecule has 2 heterocycles. The zero-order valence-corrected chi connectivity index (χ0v) is 16.5. The number of aryl methyl sites for hydroxylation is 1. The zero-order chi connectivity index (χ0) is 19.7. The van der Waals surface area contributed by atoms with Crippen LogP contribution in [-0.4, -0.2) is 15.1 Å². The zero-order valence-electron chi connectivity index (χ0n) is 15.0. The Hall–Kier alpha value is -2.82. The minimum absolute atomic E-state index is 0.0966. The number of fused-ring (bicyclic) bond motifs is 1. The molecule has 0 amide bonds. The lowest BCUT2D eigenvalue weighted by atomic mass is 9.96. The molecule has 0 aliphatic carbocycles. The van der Waals surface area contributed by atoms with Crippen molar-refractivity contribution in [2.75, 3.05) is 5.32 Å². The van der Waals surface area contributed by atoms with E-state index < -0.39 is 6.04 Å². The van der Waals surface area contributed by atoms with Crippen molar-refractivity contribution in [1.29, 1.82) is 0 Å². The van der Waals surface area contributed by atoms with Crippen LogP contribution in [0.1, 0.15) is 22.7 Å². The summed E-state index contributed by atoms with van der Waals surface area (Å²) >= 11 is 12.8. The van der Waals surface area contributed by atoms with Crippen LogP contribution in [0.3, 0.4) is 0 Å². The highest BCUT2D eigenvalue weighted by atomic mass is 35.5. The number of nitrogens with one attached hydrogen (secondary N) is 1. The summed E-state index contributed by atoms with van der Waals surface area (Å²) in [5, 5.41) is 16.1. The van der Waals surface area contributed by atoms with Gasteiger partial charge in [0.05, 0.1) is 16.1 Å². The molecular weight excluding hydrogens is 393 g/mol. The third-order valence-electron chi connectivity index (χ3n) is 4.59. The number of aromatic nitrogens is 2. The second-order valence-electron chi connectivity index (χ2n) is 6.52. The normalized spacial score (nSPS) is 12.1. The number of phenols is 1. The van der Waals surface area contributed by atoms with Crippen LogP contribution in [-0.2, 0) is 0 Å². The molecule has 4 aromatic rings. The third-order valence-corrected chi connectivity index (χ3v) is 5.42. The predicted molar refractivity (Wildman–Crippen MR) is 114 cm³/mol. The van der Waals surface area contributed by atoms with Crippen molar-refractivity contribution in [2.24, 2.45) is 0 Å². The Morgan fingerprint density at radius 2 is 1.79 bits per heavy atom. The van der Waals surface area contributed by atoms with Crippen LogP contribution in [0.5, 0.6) is 5.75 Å². The highest BCUT2D eigenvalue weighted by molar-refractivity contribution is 6.42. The number of anilines is 1. The van der Waals surface area contributed by atoms with E-state index in [1.165, 1.54) is 0 Å². The van der Waals surface area contributed by atoms with Gasteiger partial charge in [-0.05, 0) is 42.3 Å². The molecule has 0 radical (unpaired) electrons. The second kappa shape index (κ2) is 7.66. The third kappa shape index (κ3) is 3.49. The van der Waals surface area contributed by atoms with Gasteiger partial charge in [-0.15, -0.1) is 0 Å². The van der Waals surface area contributed by atoms with E-state index in [4.69, 9.17) is 23.2 Å². The van der Waals surface area contributed by atoms with E-state index in [1.54, 1.807) is 18.5 Å². The number of aromatic hydroxyl groups is 1. The van der Waals surface area contributed by atoms with Gasteiger partial charge in [0.1, 0.15) is 17.1 Å². The molecule has 0 aliphatic heterocycles. The topological polar surface area (TPSA) is 58.0 Å². The largest absolute Gasteiger partial charge is 0.505 e. The van der Waals surface area contributed by atoms with Gasteiger partial charge >= 0.3 is 0 Å². The molecule has 0 spiro atoms. The Balaban J connectivity index is 1.90. The highest BCUT2D eigenvalue weighted by Crippen LogP contribution is 2.40. The average molecular weight is 410 g/mol. The molecule has 2 N–H and O–H groups in total. The molecule has 0 aliphatic rings. The molecule has 6 heteroatoms. The fraction of sp³-hybridized carbons (Fsp3) is 0.0909. The monoisotopic (exact) mass is 409 g/mol. The summed E-state index contributed by atoms with van der Waals surface area (Å²) in [5.74, 6) is 0.765. The quantitative estimate of drug-likeness (QED) is 0.424. The van der Waals surface area contributed by atoms with Gasteiger partial charge in [-0.3, -0.25) is 4.98 Å². The van der Waals surface area contributed by atoms with Crippen LogP contribution in [0, 0.1) is 6.92 Å². The van der Waals surface area contributed by atoms with Crippen LogP contribution >= 0.6 is 23.2 Å². The van der Waals surface area contributed by atoms with Crippen LogP contribution in [0.15, 0.2) is 67.0 Å². The number of rotatable bonds is 4. The standard InChI is InChI=1S/C22H17Cl2N3O/c1-13-9-11-25-18(12-13)27-21(15-5-2-6-17(23)19(15)24)16-8-7-14-4-3-10-26-20(14)22(16)28/h2-12,21,28H,1H3,(H,25,27)/t21-/m1/s1. The van der Waals surface area contributed by atoms with Crippen molar-refractivity contribution in [3.05, 3.63) is 93.7 Å². The predicted octanol–water partition coefficient (Wildman–Crippen LogP) is 6.15. The Morgan fingerprint density at radius 1 is 0.929 bits per heavy atom. The van der Waals surface area contributed by atoms with Crippen molar-refractivity contribution in [3.8, 4) is 5.75 Å². The van der Waals surface area contributed by atoms with Gasteiger partial charge < -0.3 is 10.4 Å². The van der Waals surface area contributed by atoms with Gasteiger partial charge in [0.2, 0.25) is 0 Å². The molecule has 0 bridgehead atoms. The molecule has 0 fully saturated rings. The molecular formula is C22H17Cl2N3O. The molecule has 140 valence electrons. The lowest BCUT2D eigenvalue weighted by Crippen LogP contribution is -2.14. The first kappa shape index (κ1) is 18.5. The summed E-state index contributed by atoms with van der Waals surface area (Å²) in [6, 6.07) is 16.4. The molecule has 2 aromatic carbocycles. The summed E-state index contributed by atoms with van der Waals surface area (Å²) < 4.78 is 0. The van der Waals surface area contributed by atoms with E-state index in [2.05, 4.69) is 15.3 Å². The molecule has 0 unspecified atom stereocenters. The highest BCUT2D eigenvalue weighted by Gasteiger charge is 2.23. The van der Waals surface area contributed by atoms with E-state index in [0.29, 0.717) is 26.9 Å². The van der Waals surface area contributed by atoms with Crippen LogP contribution < -0.4 is 5.32 Å². The Bertz CT molecular complexity index is 1160. The summed E-state index contributed by atoms with van der Waals surface area (Å²) in [4.78, 5) is 8.72. The minimum atomic E-state index is -0.466. The van der Waals surface area contributed by atoms with Crippen molar-refractivity contribution >= 4 is 39.9 Å². The number of hydrogen-bond acceptors (Lipinski definition) is 4. The van der Waals surface area contributed by atoms with Gasteiger partial charge in [-0.2, -0.15) is 0 Å². The molecule has 0 saturated heterocycles. The van der Waals surface area contributed by atoms with Crippen molar-refractivity contribution in [2.45, 2.75) is 13.0 Å². The first-order valence-electron chi connectivity index (χ1n) is 8.74. The lowest BCUT2D eigenvalue weighted by Gasteiger charge is -2.23. The number of hydrogen-bond donors (Lipinski definition) is 2. The molecule has 4 rings (SSSR count). The van der Waals surface area contributed by atoms with Crippen molar-refractivity contribution in [3.63, 3.8) is 0 Å². The van der Waals surface area contributed by atoms with Gasteiger partial charge in [0, 0.05) is 23.3 Å². The molecule has 0 saturated carbocycles. The molecule has 28 heavy (non-hydrogen) atoms. The second-order valence-corrected chi connectivity index (χ2v) is 7.30. The van der Waals surface area contributed by atoms with Gasteiger partial charge in [-0.25, -0.2) is 4.98 Å². The Kier molecular flexibility index (Phi) is 5.07. The van der Waals surface area contributed by atoms with Crippen LogP contribution in [0.25, 0.3) is 10.9 Å². The van der Waals surface area contributed by atoms with E-state index >= 15 is 0 Å². The van der Waals surface area contributed by atoms with Crippen molar-refractivity contribution < 1.29 is 5.11 Å². The molecule has 1 atom stereocenters. The fourth-order valence-corrected chi connectivity index (χ4v) is 3.62. The SMILES string of the molecule is Cc1ccnc(N[C@H](c2cccc(Cl)c2Cl)c2ccc3cccnc3c2O)c1. The van der Waals surface area contributed by atoms with E-state index in [0.717, 1.165) is 16.5 Å². The Labute approximate surface area is 172 Å². The number of halogens is 2. The van der Waals surface area contributed by atoms with Crippen molar-refractivity contribution in [1.82, 2.24) is 9.97 Å². The van der Waals surface area contributed by atoms with Crippen LogP contribution in [0.2, 0.25) is 10.0 Å². The molecule has 2 aromatic heterocycles. The number of benzene rings is 2. The van der Waals surface area contributed by atoms with E-state index in [9.17, 15) is 5.11 Å². The number of nitrogens with zero attached hydrogens (tertiary/aromatic N) is 2. The minimum Gasteiger partial charge on any atom is -0.505 e. The van der Waals surface area contributed by atoms with E-state index in [-0.39, 0.29) is 5.75 Å². The number of phenolic OH excluding ortho intramolecular Hbond substituents is 1. The van der Waals surface area contributed by atoms with E-state index in [1.807, 2.05) is 55.5 Å². The first-order chi connectivity index (χ1) is 13.5.